The molecule has 1 aromatic rings. The van der Waals surface area contributed by atoms with Gasteiger partial charge in [0.1, 0.15) is 5.75 Å². The molecule has 1 saturated heterocycles. The van der Waals surface area contributed by atoms with Gasteiger partial charge in [0, 0.05) is 45.3 Å². The average molecular weight is 389 g/mol. The molecule has 0 spiro atoms. The van der Waals surface area contributed by atoms with E-state index in [0.717, 1.165) is 56.8 Å². The molecule has 2 aliphatic rings. The van der Waals surface area contributed by atoms with E-state index >= 15 is 0 Å². The van der Waals surface area contributed by atoms with Crippen molar-refractivity contribution < 1.29 is 9.47 Å². The highest BCUT2D eigenvalue weighted by atomic mass is 16.5. The van der Waals surface area contributed by atoms with Crippen LogP contribution in [-0.4, -0.2) is 62.9 Å². The molecule has 0 bridgehead atoms. The summed E-state index contributed by atoms with van der Waals surface area (Å²) >= 11 is 0. The summed E-state index contributed by atoms with van der Waals surface area (Å²) in [7, 11) is 1.82. The average Bonchev–Trinajstić information content (AvgIpc) is 3.50. The quantitative estimate of drug-likeness (QED) is 0.387. The fraction of sp³-hybridized carbons (Fsp3) is 0.682. The summed E-state index contributed by atoms with van der Waals surface area (Å²) in [5, 5.41) is 6.83. The van der Waals surface area contributed by atoms with Crippen LogP contribution in [0.5, 0.6) is 5.75 Å². The lowest BCUT2D eigenvalue weighted by Gasteiger charge is -2.35. The number of hydrogen-bond acceptors (Lipinski definition) is 4. The molecule has 6 heteroatoms. The Morgan fingerprint density at radius 1 is 1.18 bits per heavy atom. The molecule has 1 saturated carbocycles. The molecule has 2 fully saturated rings. The normalized spacial score (nSPS) is 23.5. The SMILES string of the molecule is CN=C(NCCCN1CC(C)OC(C)C1)NCc1ccccc1OCC1CC1. The molecule has 6 nitrogen and oxygen atoms in total. The Morgan fingerprint density at radius 2 is 1.93 bits per heavy atom. The molecule has 1 heterocycles. The van der Waals surface area contributed by atoms with Crippen molar-refractivity contribution in [2.45, 2.75) is 51.9 Å². The molecule has 156 valence electrons. The number of aliphatic imine (C=N–C) groups is 1. The monoisotopic (exact) mass is 388 g/mol. The number of hydrogen-bond donors (Lipinski definition) is 2. The summed E-state index contributed by atoms with van der Waals surface area (Å²) in [6.45, 7) is 9.88. The van der Waals surface area contributed by atoms with E-state index in [4.69, 9.17) is 9.47 Å². The van der Waals surface area contributed by atoms with Crippen LogP contribution in [0.3, 0.4) is 0 Å². The van der Waals surface area contributed by atoms with Crippen molar-refractivity contribution in [1.29, 1.82) is 0 Å². The molecular formula is C22H36N4O2. The standard InChI is InChI=1S/C22H36N4O2/c1-17-14-26(15-18(2)28-17)12-6-11-24-22(23-3)25-13-20-7-4-5-8-21(20)27-16-19-9-10-19/h4-5,7-8,17-19H,6,9-16H2,1-3H3,(H2,23,24,25). The van der Waals surface area contributed by atoms with E-state index in [0.29, 0.717) is 18.8 Å². The van der Waals surface area contributed by atoms with Crippen LogP contribution in [0.15, 0.2) is 29.3 Å². The molecule has 1 aliphatic heterocycles. The highest BCUT2D eigenvalue weighted by Crippen LogP contribution is 2.30. The van der Waals surface area contributed by atoms with Crippen LogP contribution in [0.4, 0.5) is 0 Å². The van der Waals surface area contributed by atoms with Crippen LogP contribution in [0.2, 0.25) is 0 Å². The smallest absolute Gasteiger partial charge is 0.191 e. The molecule has 0 amide bonds. The number of para-hydroxylation sites is 1. The second-order valence-electron chi connectivity index (χ2n) is 8.09. The maximum Gasteiger partial charge on any atom is 0.191 e. The van der Waals surface area contributed by atoms with E-state index in [1.165, 1.54) is 18.4 Å². The van der Waals surface area contributed by atoms with E-state index in [2.05, 4.69) is 52.6 Å². The zero-order chi connectivity index (χ0) is 19.8. The number of nitrogens with zero attached hydrogens (tertiary/aromatic N) is 2. The van der Waals surface area contributed by atoms with E-state index in [1.54, 1.807) is 0 Å². The summed E-state index contributed by atoms with van der Waals surface area (Å²) < 4.78 is 11.8. The van der Waals surface area contributed by atoms with Gasteiger partial charge >= 0.3 is 0 Å². The molecule has 1 aromatic carbocycles. The molecule has 1 aliphatic carbocycles. The van der Waals surface area contributed by atoms with Gasteiger partial charge in [0.2, 0.25) is 0 Å². The number of morpholine rings is 1. The second-order valence-corrected chi connectivity index (χ2v) is 8.09. The van der Waals surface area contributed by atoms with Gasteiger partial charge < -0.3 is 20.1 Å². The van der Waals surface area contributed by atoms with Crippen molar-refractivity contribution >= 4 is 5.96 Å². The summed E-state index contributed by atoms with van der Waals surface area (Å²) in [4.78, 5) is 6.84. The summed E-state index contributed by atoms with van der Waals surface area (Å²) in [5.74, 6) is 2.57. The highest BCUT2D eigenvalue weighted by Gasteiger charge is 2.22. The maximum atomic E-state index is 5.99. The van der Waals surface area contributed by atoms with Crippen LogP contribution < -0.4 is 15.4 Å². The van der Waals surface area contributed by atoms with E-state index in [1.807, 2.05) is 13.1 Å². The van der Waals surface area contributed by atoms with Gasteiger partial charge in [-0.25, -0.2) is 0 Å². The Morgan fingerprint density at radius 3 is 2.64 bits per heavy atom. The van der Waals surface area contributed by atoms with Crippen molar-refractivity contribution in [2.24, 2.45) is 10.9 Å². The molecule has 2 unspecified atom stereocenters. The van der Waals surface area contributed by atoms with Crippen molar-refractivity contribution in [3.63, 3.8) is 0 Å². The van der Waals surface area contributed by atoms with Gasteiger partial charge in [0.25, 0.3) is 0 Å². The molecule has 0 aromatic heterocycles. The molecule has 28 heavy (non-hydrogen) atoms. The van der Waals surface area contributed by atoms with Crippen molar-refractivity contribution in [3.8, 4) is 5.75 Å². The van der Waals surface area contributed by atoms with Crippen LogP contribution >= 0.6 is 0 Å². The zero-order valence-corrected chi connectivity index (χ0v) is 17.6. The highest BCUT2D eigenvalue weighted by molar-refractivity contribution is 5.79. The van der Waals surface area contributed by atoms with Gasteiger partial charge in [0.15, 0.2) is 5.96 Å². The molecule has 0 radical (unpaired) electrons. The van der Waals surface area contributed by atoms with E-state index in [-0.39, 0.29) is 0 Å². The minimum absolute atomic E-state index is 0.327. The van der Waals surface area contributed by atoms with E-state index in [9.17, 15) is 0 Å². The Balaban J connectivity index is 1.36. The van der Waals surface area contributed by atoms with Gasteiger partial charge in [-0.1, -0.05) is 18.2 Å². The van der Waals surface area contributed by atoms with Gasteiger partial charge in [-0.15, -0.1) is 0 Å². The predicted octanol–water partition coefficient (Wildman–Crippen LogP) is 2.64. The fourth-order valence-corrected chi connectivity index (χ4v) is 3.66. The number of ether oxygens (including phenoxy) is 2. The first-order chi connectivity index (χ1) is 13.6. The van der Waals surface area contributed by atoms with Crippen LogP contribution in [-0.2, 0) is 11.3 Å². The zero-order valence-electron chi connectivity index (χ0n) is 17.6. The van der Waals surface area contributed by atoms with Gasteiger partial charge in [-0.05, 0) is 45.1 Å². The molecular weight excluding hydrogens is 352 g/mol. The number of rotatable bonds is 9. The topological polar surface area (TPSA) is 58.1 Å². The summed E-state index contributed by atoms with van der Waals surface area (Å²) in [6, 6.07) is 8.26. The Bertz CT molecular complexity index is 623. The predicted molar refractivity (Wildman–Crippen MR) is 114 cm³/mol. The number of guanidine groups is 1. The van der Waals surface area contributed by atoms with Gasteiger partial charge in [-0.3, -0.25) is 9.89 Å². The minimum Gasteiger partial charge on any atom is -0.493 e. The Hall–Kier alpha value is -1.79. The second kappa shape index (κ2) is 10.7. The van der Waals surface area contributed by atoms with Gasteiger partial charge in [0.05, 0.1) is 18.8 Å². The Kier molecular flexibility index (Phi) is 7.98. The first kappa shape index (κ1) is 20.9. The van der Waals surface area contributed by atoms with Crippen LogP contribution in [0.1, 0.15) is 38.7 Å². The lowest BCUT2D eigenvalue weighted by atomic mass is 10.2. The third-order valence-electron chi connectivity index (χ3n) is 5.25. The van der Waals surface area contributed by atoms with Crippen LogP contribution in [0, 0.1) is 5.92 Å². The lowest BCUT2D eigenvalue weighted by molar-refractivity contribution is -0.0679. The fourth-order valence-electron chi connectivity index (χ4n) is 3.66. The summed E-state index contributed by atoms with van der Waals surface area (Å²) in [6.07, 6.45) is 4.35. The van der Waals surface area contributed by atoms with Crippen molar-refractivity contribution in [2.75, 3.05) is 39.8 Å². The Labute approximate surface area is 169 Å². The first-order valence-electron chi connectivity index (χ1n) is 10.7. The third kappa shape index (κ3) is 6.99. The largest absolute Gasteiger partial charge is 0.493 e. The summed E-state index contributed by atoms with van der Waals surface area (Å²) in [5.41, 5.74) is 1.17. The maximum absolute atomic E-state index is 5.99. The first-order valence-corrected chi connectivity index (χ1v) is 10.7. The van der Waals surface area contributed by atoms with Crippen LogP contribution in [0.25, 0.3) is 0 Å². The van der Waals surface area contributed by atoms with Crippen molar-refractivity contribution in [1.82, 2.24) is 15.5 Å². The number of nitrogens with one attached hydrogen (secondary N) is 2. The van der Waals surface area contributed by atoms with E-state index < -0.39 is 0 Å². The van der Waals surface area contributed by atoms with Crippen molar-refractivity contribution in [3.05, 3.63) is 29.8 Å². The molecule has 2 N–H and O–H groups in total. The molecule has 3 rings (SSSR count). The lowest BCUT2D eigenvalue weighted by Crippen LogP contribution is -2.46. The number of benzene rings is 1. The third-order valence-corrected chi connectivity index (χ3v) is 5.25. The molecule has 2 atom stereocenters. The van der Waals surface area contributed by atoms with Gasteiger partial charge in [-0.2, -0.15) is 0 Å². The minimum atomic E-state index is 0.327.